The Morgan fingerprint density at radius 3 is 2.71 bits per heavy atom. The number of hydrogen-bond donors (Lipinski definition) is 1. The number of aromatic nitrogens is 2. The number of nitrogens with zero attached hydrogens (tertiary/aromatic N) is 2. The highest BCUT2D eigenvalue weighted by Gasteiger charge is 2.11. The van der Waals surface area contributed by atoms with E-state index in [1.54, 1.807) is 0 Å². The van der Waals surface area contributed by atoms with Crippen LogP contribution in [0.3, 0.4) is 0 Å². The van der Waals surface area contributed by atoms with Gasteiger partial charge >= 0.3 is 0 Å². The summed E-state index contributed by atoms with van der Waals surface area (Å²) in [5.74, 6) is 0.536. The van der Waals surface area contributed by atoms with Crippen LogP contribution in [0.5, 0.6) is 0 Å². The molecule has 0 bridgehead atoms. The Morgan fingerprint density at radius 1 is 1.35 bits per heavy atom. The van der Waals surface area contributed by atoms with Crippen molar-refractivity contribution < 1.29 is 0 Å². The molecule has 0 spiro atoms. The molecule has 0 radical (unpaired) electrons. The van der Waals surface area contributed by atoms with E-state index in [2.05, 4.69) is 18.9 Å². The van der Waals surface area contributed by atoms with Crippen molar-refractivity contribution in [3.63, 3.8) is 0 Å². The predicted molar refractivity (Wildman–Crippen MR) is 71.9 cm³/mol. The Morgan fingerprint density at radius 2 is 2.06 bits per heavy atom. The highest BCUT2D eigenvalue weighted by molar-refractivity contribution is 6.33. The van der Waals surface area contributed by atoms with Crippen LogP contribution in [0.1, 0.15) is 13.8 Å². The van der Waals surface area contributed by atoms with Crippen molar-refractivity contribution in [1.82, 2.24) is 9.78 Å². The summed E-state index contributed by atoms with van der Waals surface area (Å²) >= 11 is 6.14. The number of nitrogen functional groups attached to an aromatic ring is 1. The molecule has 1 heterocycles. The number of rotatable bonds is 3. The molecule has 0 fully saturated rings. The van der Waals surface area contributed by atoms with Gasteiger partial charge in [-0.1, -0.05) is 43.6 Å². The first kappa shape index (κ1) is 12.0. The molecular formula is C13H16ClN3. The van der Waals surface area contributed by atoms with Gasteiger partial charge in [0, 0.05) is 18.3 Å². The lowest BCUT2D eigenvalue weighted by Gasteiger charge is -2.04. The second-order valence-electron chi connectivity index (χ2n) is 4.53. The molecule has 1 aromatic carbocycles. The van der Waals surface area contributed by atoms with E-state index in [1.807, 2.05) is 35.1 Å². The van der Waals surface area contributed by atoms with E-state index >= 15 is 0 Å². The molecule has 1 aromatic heterocycles. The highest BCUT2D eigenvalue weighted by Crippen LogP contribution is 2.30. The summed E-state index contributed by atoms with van der Waals surface area (Å²) in [6, 6.07) is 7.60. The number of hydrogen-bond acceptors (Lipinski definition) is 2. The summed E-state index contributed by atoms with van der Waals surface area (Å²) in [6.45, 7) is 5.15. The van der Waals surface area contributed by atoms with Gasteiger partial charge in [0.05, 0.1) is 10.7 Å². The van der Waals surface area contributed by atoms with Gasteiger partial charge in [0.15, 0.2) is 0 Å². The van der Waals surface area contributed by atoms with E-state index in [0.717, 1.165) is 17.8 Å². The lowest BCUT2D eigenvalue weighted by Crippen LogP contribution is -2.04. The minimum atomic E-state index is 0.536. The maximum Gasteiger partial charge on any atom is 0.117 e. The van der Waals surface area contributed by atoms with Crippen LogP contribution in [0.2, 0.25) is 5.02 Å². The van der Waals surface area contributed by atoms with Gasteiger partial charge in [-0.05, 0) is 12.0 Å². The highest BCUT2D eigenvalue weighted by atomic mass is 35.5. The van der Waals surface area contributed by atoms with Crippen LogP contribution >= 0.6 is 11.6 Å². The second-order valence-corrected chi connectivity index (χ2v) is 4.94. The standard InChI is InChI=1S/C13H16ClN3/c1-9(2)7-17-8-12(15)13(16-17)10-5-3-4-6-11(10)14/h3-6,8-9H,7,15H2,1-2H3. The van der Waals surface area contributed by atoms with Crippen LogP contribution < -0.4 is 5.73 Å². The van der Waals surface area contributed by atoms with Gasteiger partial charge in [-0.25, -0.2) is 0 Å². The lowest BCUT2D eigenvalue weighted by molar-refractivity contribution is 0.484. The third-order valence-corrected chi connectivity index (χ3v) is 2.80. The molecule has 2 aromatic rings. The molecule has 2 N–H and O–H groups in total. The zero-order valence-corrected chi connectivity index (χ0v) is 10.8. The number of halogens is 1. The largest absolute Gasteiger partial charge is 0.396 e. The fourth-order valence-electron chi connectivity index (χ4n) is 1.77. The first-order valence-electron chi connectivity index (χ1n) is 5.65. The Labute approximate surface area is 106 Å². The van der Waals surface area contributed by atoms with Crippen molar-refractivity contribution in [3.05, 3.63) is 35.5 Å². The third kappa shape index (κ3) is 2.61. The first-order valence-corrected chi connectivity index (χ1v) is 6.03. The van der Waals surface area contributed by atoms with E-state index in [1.165, 1.54) is 0 Å². The predicted octanol–water partition coefficient (Wildman–Crippen LogP) is 3.44. The average molecular weight is 250 g/mol. The van der Waals surface area contributed by atoms with Gasteiger partial charge in [-0.15, -0.1) is 0 Å². The van der Waals surface area contributed by atoms with Crippen molar-refractivity contribution in [2.75, 3.05) is 5.73 Å². The fraction of sp³-hybridized carbons (Fsp3) is 0.308. The van der Waals surface area contributed by atoms with Crippen molar-refractivity contribution in [2.24, 2.45) is 5.92 Å². The van der Waals surface area contributed by atoms with Crippen molar-refractivity contribution in [1.29, 1.82) is 0 Å². The second kappa shape index (κ2) is 4.80. The van der Waals surface area contributed by atoms with Crippen LogP contribution in [0.25, 0.3) is 11.3 Å². The summed E-state index contributed by atoms with van der Waals surface area (Å²) < 4.78 is 1.87. The van der Waals surface area contributed by atoms with Crippen LogP contribution in [0.4, 0.5) is 5.69 Å². The van der Waals surface area contributed by atoms with Gasteiger partial charge in [0.1, 0.15) is 5.69 Å². The minimum Gasteiger partial charge on any atom is -0.396 e. The quantitative estimate of drug-likeness (QED) is 0.906. The molecule has 0 unspecified atom stereocenters. The summed E-state index contributed by atoms with van der Waals surface area (Å²) in [5.41, 5.74) is 8.29. The van der Waals surface area contributed by atoms with Gasteiger partial charge in [0.2, 0.25) is 0 Å². The number of benzene rings is 1. The summed E-state index contributed by atoms with van der Waals surface area (Å²) in [6.07, 6.45) is 1.86. The monoisotopic (exact) mass is 249 g/mol. The Balaban J connectivity index is 2.40. The van der Waals surface area contributed by atoms with E-state index < -0.39 is 0 Å². The molecule has 2 rings (SSSR count). The molecule has 90 valence electrons. The van der Waals surface area contributed by atoms with E-state index in [9.17, 15) is 0 Å². The molecule has 0 saturated carbocycles. The Hall–Kier alpha value is -1.48. The maximum atomic E-state index is 6.14. The van der Waals surface area contributed by atoms with Gasteiger partial charge in [-0.3, -0.25) is 4.68 Å². The average Bonchev–Trinajstić information content (AvgIpc) is 2.59. The summed E-state index contributed by atoms with van der Waals surface area (Å²) in [7, 11) is 0. The van der Waals surface area contributed by atoms with E-state index in [0.29, 0.717) is 16.6 Å². The number of anilines is 1. The SMILES string of the molecule is CC(C)Cn1cc(N)c(-c2ccccc2Cl)n1. The topological polar surface area (TPSA) is 43.8 Å². The van der Waals surface area contributed by atoms with Crippen molar-refractivity contribution in [2.45, 2.75) is 20.4 Å². The smallest absolute Gasteiger partial charge is 0.117 e. The summed E-state index contributed by atoms with van der Waals surface area (Å²) in [4.78, 5) is 0. The van der Waals surface area contributed by atoms with E-state index in [-0.39, 0.29) is 0 Å². The van der Waals surface area contributed by atoms with Crippen LogP contribution in [0, 0.1) is 5.92 Å². The lowest BCUT2D eigenvalue weighted by atomic mass is 10.1. The number of nitrogens with two attached hydrogens (primary N) is 1. The van der Waals surface area contributed by atoms with Crippen molar-refractivity contribution in [3.8, 4) is 11.3 Å². The molecule has 0 amide bonds. The zero-order valence-electron chi connectivity index (χ0n) is 10.0. The minimum absolute atomic E-state index is 0.536. The molecular weight excluding hydrogens is 234 g/mol. The normalized spacial score (nSPS) is 11.1. The molecule has 17 heavy (non-hydrogen) atoms. The van der Waals surface area contributed by atoms with E-state index in [4.69, 9.17) is 17.3 Å². The maximum absolute atomic E-state index is 6.14. The van der Waals surface area contributed by atoms with Gasteiger partial charge < -0.3 is 5.73 Å². The molecule has 3 nitrogen and oxygen atoms in total. The van der Waals surface area contributed by atoms with Crippen LogP contribution in [-0.2, 0) is 6.54 Å². The molecule has 0 saturated heterocycles. The molecule has 0 aliphatic rings. The molecule has 4 heteroatoms. The Kier molecular flexibility index (Phi) is 3.38. The van der Waals surface area contributed by atoms with Gasteiger partial charge in [-0.2, -0.15) is 5.10 Å². The first-order chi connectivity index (χ1) is 8.08. The molecule has 0 aliphatic heterocycles. The van der Waals surface area contributed by atoms with Crippen LogP contribution in [0.15, 0.2) is 30.5 Å². The molecule has 0 atom stereocenters. The van der Waals surface area contributed by atoms with Gasteiger partial charge in [0.25, 0.3) is 0 Å². The Bertz CT molecular complexity index is 517. The third-order valence-electron chi connectivity index (χ3n) is 2.47. The molecule has 0 aliphatic carbocycles. The zero-order chi connectivity index (χ0) is 12.4. The summed E-state index contributed by atoms with van der Waals surface area (Å²) in [5, 5.41) is 5.16. The van der Waals surface area contributed by atoms with Crippen LogP contribution in [-0.4, -0.2) is 9.78 Å². The fourth-order valence-corrected chi connectivity index (χ4v) is 1.99. The van der Waals surface area contributed by atoms with Crippen molar-refractivity contribution >= 4 is 17.3 Å².